The summed E-state index contributed by atoms with van der Waals surface area (Å²) in [5, 5.41) is 13.0. The van der Waals surface area contributed by atoms with E-state index in [9.17, 15) is 14.7 Å². The second-order valence-electron chi connectivity index (χ2n) is 4.54. The minimum absolute atomic E-state index is 0. The van der Waals surface area contributed by atoms with Crippen molar-refractivity contribution >= 4 is 41.5 Å². The fraction of sp³-hybridized carbons (Fsp3) is 0.250. The van der Waals surface area contributed by atoms with Gasteiger partial charge in [-0.25, -0.2) is 4.98 Å². The SMILES string of the molecule is O=C([O-])C1=CSC2/C(=C\c3cn4c(n3)SCC4)C(=O)N12.[Na+]. The molecule has 1 aromatic heterocycles. The Balaban J connectivity index is 0.00000132. The summed E-state index contributed by atoms with van der Waals surface area (Å²) in [7, 11) is 0. The monoisotopic (exact) mass is 329 g/mol. The Bertz CT molecular complexity index is 691. The molecular weight excluding hydrogens is 321 g/mol. The van der Waals surface area contributed by atoms with Crippen LogP contribution in [0.4, 0.5) is 0 Å². The van der Waals surface area contributed by atoms with Gasteiger partial charge in [0.1, 0.15) is 5.37 Å². The molecule has 6 nitrogen and oxygen atoms in total. The average molecular weight is 329 g/mol. The van der Waals surface area contributed by atoms with E-state index in [4.69, 9.17) is 0 Å². The first-order valence-corrected chi connectivity index (χ1v) is 7.90. The first-order valence-electron chi connectivity index (χ1n) is 5.97. The van der Waals surface area contributed by atoms with E-state index in [-0.39, 0.29) is 46.5 Å². The number of aryl methyl sites for hydroxylation is 1. The van der Waals surface area contributed by atoms with E-state index in [0.717, 1.165) is 23.1 Å². The van der Waals surface area contributed by atoms with Gasteiger partial charge in [-0.1, -0.05) is 11.8 Å². The predicted octanol–water partition coefficient (Wildman–Crippen LogP) is -3.12. The number of fused-ring (bicyclic) bond motifs is 2. The van der Waals surface area contributed by atoms with Crippen LogP contribution in [0.2, 0.25) is 0 Å². The minimum Gasteiger partial charge on any atom is -0.543 e. The van der Waals surface area contributed by atoms with E-state index in [0.29, 0.717) is 5.57 Å². The number of aliphatic carboxylic acids is 1. The Hall–Kier alpha value is -0.670. The number of amides is 1. The zero-order valence-electron chi connectivity index (χ0n) is 11.1. The quantitative estimate of drug-likeness (QED) is 0.325. The topological polar surface area (TPSA) is 78.3 Å². The van der Waals surface area contributed by atoms with Crippen molar-refractivity contribution in [2.75, 3.05) is 5.75 Å². The number of rotatable bonds is 2. The predicted molar refractivity (Wildman–Crippen MR) is 72.2 cm³/mol. The van der Waals surface area contributed by atoms with Crippen LogP contribution < -0.4 is 34.7 Å². The third-order valence-electron chi connectivity index (χ3n) is 3.37. The molecule has 4 heterocycles. The van der Waals surface area contributed by atoms with Crippen molar-refractivity contribution in [2.45, 2.75) is 17.1 Å². The van der Waals surface area contributed by atoms with Gasteiger partial charge in [-0.05, 0) is 11.5 Å². The fourth-order valence-electron chi connectivity index (χ4n) is 2.42. The molecule has 0 aliphatic carbocycles. The molecule has 1 unspecified atom stereocenters. The van der Waals surface area contributed by atoms with Gasteiger partial charge in [0.2, 0.25) is 0 Å². The Kier molecular flexibility index (Phi) is 4.00. The number of aromatic nitrogens is 2. The van der Waals surface area contributed by atoms with Crippen molar-refractivity contribution in [3.63, 3.8) is 0 Å². The van der Waals surface area contributed by atoms with E-state index >= 15 is 0 Å². The molecule has 0 spiro atoms. The molecule has 3 aliphatic heterocycles. The zero-order valence-corrected chi connectivity index (χ0v) is 14.7. The smallest absolute Gasteiger partial charge is 0.543 e. The number of hydrogen-bond acceptors (Lipinski definition) is 6. The number of β-lactam (4-membered cyclic amide) rings is 1. The Morgan fingerprint density at radius 3 is 3.05 bits per heavy atom. The third kappa shape index (κ3) is 2.29. The molecule has 1 atom stereocenters. The third-order valence-corrected chi connectivity index (χ3v) is 5.42. The molecule has 102 valence electrons. The molecule has 0 saturated carbocycles. The Morgan fingerprint density at radius 2 is 2.33 bits per heavy atom. The zero-order chi connectivity index (χ0) is 13.9. The van der Waals surface area contributed by atoms with Gasteiger partial charge in [0.15, 0.2) is 5.16 Å². The Morgan fingerprint density at radius 1 is 1.52 bits per heavy atom. The van der Waals surface area contributed by atoms with Crippen molar-refractivity contribution in [3.05, 3.63) is 28.6 Å². The first kappa shape index (κ1) is 15.2. The van der Waals surface area contributed by atoms with E-state index in [1.807, 2.05) is 6.20 Å². The maximum atomic E-state index is 12.0. The summed E-state index contributed by atoms with van der Waals surface area (Å²) < 4.78 is 2.06. The van der Waals surface area contributed by atoms with Crippen LogP contribution in [-0.2, 0) is 16.1 Å². The van der Waals surface area contributed by atoms with E-state index in [2.05, 4.69) is 9.55 Å². The summed E-state index contributed by atoms with van der Waals surface area (Å²) in [6.45, 7) is 0.935. The first-order chi connectivity index (χ1) is 9.65. The van der Waals surface area contributed by atoms with Crippen molar-refractivity contribution in [2.24, 2.45) is 0 Å². The van der Waals surface area contributed by atoms with Gasteiger partial charge < -0.3 is 14.5 Å². The molecule has 1 aromatic rings. The normalized spacial score (nSPS) is 24.3. The molecule has 1 saturated heterocycles. The van der Waals surface area contributed by atoms with Crippen LogP contribution in [0.5, 0.6) is 0 Å². The number of thioether (sulfide) groups is 2. The standard InChI is InChI=1S/C12H9N3O3S2.Na/c16-9-7(10-15(9)8(5-20-10)11(17)18)3-6-4-14-1-2-19-12(14)13-6;/h3-5,10H,1-2H2,(H,17,18);/q;+1/p-1/b7-3-;. The molecule has 1 amide bonds. The molecule has 9 heteroatoms. The second kappa shape index (κ2) is 5.51. The summed E-state index contributed by atoms with van der Waals surface area (Å²) in [4.78, 5) is 28.6. The van der Waals surface area contributed by atoms with Crippen molar-refractivity contribution in [3.8, 4) is 0 Å². The average Bonchev–Trinajstić information content (AvgIpc) is 3.07. The van der Waals surface area contributed by atoms with E-state index in [1.165, 1.54) is 22.1 Å². The largest absolute Gasteiger partial charge is 1.00 e. The van der Waals surface area contributed by atoms with Crippen molar-refractivity contribution in [1.29, 1.82) is 0 Å². The number of imidazole rings is 1. The number of carbonyl (C=O) groups is 2. The van der Waals surface area contributed by atoms with Crippen LogP contribution >= 0.6 is 23.5 Å². The molecule has 21 heavy (non-hydrogen) atoms. The fourth-order valence-corrected chi connectivity index (χ4v) is 4.48. The van der Waals surface area contributed by atoms with Gasteiger partial charge in [0.05, 0.1) is 22.9 Å². The van der Waals surface area contributed by atoms with Crippen LogP contribution in [0, 0.1) is 0 Å². The van der Waals surface area contributed by atoms with Crippen LogP contribution in [0.15, 0.2) is 28.0 Å². The van der Waals surface area contributed by atoms with E-state index < -0.39 is 5.97 Å². The van der Waals surface area contributed by atoms with Crippen LogP contribution in [0.25, 0.3) is 6.08 Å². The molecule has 0 bridgehead atoms. The maximum Gasteiger partial charge on any atom is 1.00 e. The number of nitrogens with zero attached hydrogens (tertiary/aromatic N) is 3. The number of carboxylic acids is 1. The Labute approximate surface area is 150 Å². The van der Waals surface area contributed by atoms with Crippen LogP contribution in [0.3, 0.4) is 0 Å². The second-order valence-corrected chi connectivity index (χ2v) is 6.56. The molecule has 1 fully saturated rings. The van der Waals surface area contributed by atoms with Crippen molar-refractivity contribution in [1.82, 2.24) is 14.5 Å². The van der Waals surface area contributed by atoms with E-state index in [1.54, 1.807) is 17.8 Å². The minimum atomic E-state index is -1.32. The number of carboxylic acid groups (broad SMARTS) is 1. The van der Waals surface area contributed by atoms with Gasteiger partial charge in [0, 0.05) is 18.5 Å². The van der Waals surface area contributed by atoms with Gasteiger partial charge in [-0.15, -0.1) is 11.8 Å². The summed E-state index contributed by atoms with van der Waals surface area (Å²) in [6, 6.07) is 0. The maximum absolute atomic E-state index is 12.0. The van der Waals surface area contributed by atoms with Gasteiger partial charge >= 0.3 is 29.6 Å². The summed E-state index contributed by atoms with van der Waals surface area (Å²) >= 11 is 3.00. The molecule has 0 radical (unpaired) electrons. The van der Waals surface area contributed by atoms with Crippen LogP contribution in [-0.4, -0.2) is 37.5 Å². The molecule has 3 aliphatic rings. The van der Waals surface area contributed by atoms with Crippen LogP contribution in [0.1, 0.15) is 5.69 Å². The van der Waals surface area contributed by atoms with Gasteiger partial charge in [-0.2, -0.15) is 0 Å². The summed E-state index contributed by atoms with van der Waals surface area (Å²) in [5.74, 6) is -0.565. The molecule has 0 aromatic carbocycles. The molecule has 4 rings (SSSR count). The van der Waals surface area contributed by atoms with Crippen molar-refractivity contribution < 1.29 is 44.3 Å². The van der Waals surface area contributed by atoms with Gasteiger partial charge in [0.25, 0.3) is 5.91 Å². The number of hydrogen-bond donors (Lipinski definition) is 0. The molecular formula is C12H8N3NaO3S2. The molecule has 0 N–H and O–H groups in total. The summed E-state index contributed by atoms with van der Waals surface area (Å²) in [6.07, 6.45) is 3.67. The number of carbonyl (C=O) groups excluding carboxylic acids is 2. The summed E-state index contributed by atoms with van der Waals surface area (Å²) in [5.41, 5.74) is 1.28. The van der Waals surface area contributed by atoms with Gasteiger partial charge in [-0.3, -0.25) is 9.69 Å².